The normalized spacial score (nSPS) is 12.7. The van der Waals surface area contributed by atoms with Crippen molar-refractivity contribution in [2.24, 2.45) is 0 Å². The Bertz CT molecular complexity index is 380. The Morgan fingerprint density at radius 3 is 2.19 bits per heavy atom. The number of aryl methyl sites for hydroxylation is 1. The van der Waals surface area contributed by atoms with Gasteiger partial charge < -0.3 is 4.43 Å². The zero-order chi connectivity index (χ0) is 12.6. The van der Waals surface area contributed by atoms with E-state index in [9.17, 15) is 0 Å². The van der Waals surface area contributed by atoms with Gasteiger partial charge in [-0.2, -0.15) is 0 Å². The second-order valence-corrected chi connectivity index (χ2v) is 11.4. The van der Waals surface area contributed by atoms with E-state index in [1.807, 2.05) is 6.07 Å². The summed E-state index contributed by atoms with van der Waals surface area (Å²) in [5.41, 5.74) is 1.19. The summed E-state index contributed by atoms with van der Waals surface area (Å²) in [6.07, 6.45) is 0. The average Bonchev–Trinajstić information content (AvgIpc) is 2.08. The van der Waals surface area contributed by atoms with Gasteiger partial charge >= 0.3 is 0 Å². The number of benzene rings is 1. The number of hydrogen-bond acceptors (Lipinski definition) is 1. The Hall–Kier alpha value is -0.283. The molecule has 0 radical (unpaired) electrons. The summed E-state index contributed by atoms with van der Waals surface area (Å²) in [5.74, 6) is 1.02. The smallest absolute Gasteiger partial charge is 0.250 e. The van der Waals surface area contributed by atoms with Crippen molar-refractivity contribution in [3.05, 3.63) is 28.2 Å². The molecule has 0 aromatic heterocycles. The van der Waals surface area contributed by atoms with Crippen LogP contribution in [0.1, 0.15) is 26.3 Å². The molecule has 0 atom stereocenters. The minimum Gasteiger partial charge on any atom is -0.543 e. The summed E-state index contributed by atoms with van der Waals surface area (Å²) in [6.45, 7) is 13.4. The maximum absolute atomic E-state index is 6.27. The lowest BCUT2D eigenvalue weighted by Crippen LogP contribution is -2.44. The molecule has 0 aliphatic rings. The predicted octanol–water partition coefficient (Wildman–Crippen LogP) is 5.14. The lowest BCUT2D eigenvalue weighted by molar-refractivity contribution is 0.489. The average molecular weight is 301 g/mol. The first-order valence-electron chi connectivity index (χ1n) is 5.59. The third-order valence-corrected chi connectivity index (χ3v) is 8.14. The second-order valence-electron chi connectivity index (χ2n) is 5.77. The minimum absolute atomic E-state index is 0.243. The van der Waals surface area contributed by atoms with Gasteiger partial charge in [-0.15, -0.1) is 0 Å². The maximum atomic E-state index is 6.27. The first-order valence-corrected chi connectivity index (χ1v) is 9.29. The zero-order valence-corrected chi connectivity index (χ0v) is 13.6. The Kier molecular flexibility index (Phi) is 3.90. The van der Waals surface area contributed by atoms with Crippen LogP contribution in [0.2, 0.25) is 18.1 Å². The maximum Gasteiger partial charge on any atom is 0.250 e. The molecule has 16 heavy (non-hydrogen) atoms. The predicted molar refractivity (Wildman–Crippen MR) is 76.7 cm³/mol. The molecule has 0 N–H and O–H groups in total. The van der Waals surface area contributed by atoms with Crippen LogP contribution in [-0.4, -0.2) is 8.32 Å². The van der Waals surface area contributed by atoms with Crippen LogP contribution in [-0.2, 0) is 0 Å². The van der Waals surface area contributed by atoms with E-state index in [1.54, 1.807) is 0 Å². The van der Waals surface area contributed by atoms with E-state index in [2.05, 4.69) is 68.9 Å². The summed E-state index contributed by atoms with van der Waals surface area (Å²) in [5, 5.41) is 0.243. The largest absolute Gasteiger partial charge is 0.543 e. The van der Waals surface area contributed by atoms with E-state index in [1.165, 1.54) is 5.56 Å². The molecule has 1 aromatic rings. The molecule has 3 heteroatoms. The SMILES string of the molecule is Cc1cc(Br)ccc1O[Si](C)(C)C(C)(C)C. The third kappa shape index (κ3) is 3.11. The zero-order valence-electron chi connectivity index (χ0n) is 11.0. The van der Waals surface area contributed by atoms with Gasteiger partial charge in [0.1, 0.15) is 5.75 Å². The van der Waals surface area contributed by atoms with Crippen molar-refractivity contribution in [2.75, 3.05) is 0 Å². The van der Waals surface area contributed by atoms with E-state index in [4.69, 9.17) is 4.43 Å². The van der Waals surface area contributed by atoms with E-state index < -0.39 is 8.32 Å². The van der Waals surface area contributed by atoms with Crippen molar-refractivity contribution >= 4 is 24.2 Å². The van der Waals surface area contributed by atoms with Gasteiger partial charge in [0, 0.05) is 4.47 Å². The molecule has 1 rings (SSSR count). The molecule has 0 heterocycles. The Labute approximate surface area is 108 Å². The number of hydrogen-bond donors (Lipinski definition) is 0. The standard InChI is InChI=1S/C13H21BrOSi/c1-10-9-11(14)7-8-12(10)15-16(5,6)13(2,3)4/h7-9H,1-6H3. The lowest BCUT2D eigenvalue weighted by atomic mass is 10.2. The highest BCUT2D eigenvalue weighted by Crippen LogP contribution is 2.38. The van der Waals surface area contributed by atoms with Crippen molar-refractivity contribution in [3.63, 3.8) is 0 Å². The Morgan fingerprint density at radius 2 is 1.75 bits per heavy atom. The first kappa shape index (κ1) is 13.8. The molecule has 1 nitrogen and oxygen atoms in total. The monoisotopic (exact) mass is 300 g/mol. The quantitative estimate of drug-likeness (QED) is 0.687. The molecule has 0 amide bonds. The molecule has 0 fully saturated rings. The van der Waals surface area contributed by atoms with Crippen LogP contribution in [0, 0.1) is 6.92 Å². The molecule has 1 aromatic carbocycles. The van der Waals surface area contributed by atoms with Crippen molar-refractivity contribution < 1.29 is 4.43 Å². The Balaban J connectivity index is 2.97. The van der Waals surface area contributed by atoms with Crippen LogP contribution in [0.4, 0.5) is 0 Å². The highest BCUT2D eigenvalue weighted by molar-refractivity contribution is 9.10. The minimum atomic E-state index is -1.71. The van der Waals surface area contributed by atoms with Crippen LogP contribution in [0.15, 0.2) is 22.7 Å². The fraction of sp³-hybridized carbons (Fsp3) is 0.538. The summed E-state index contributed by atoms with van der Waals surface area (Å²) >= 11 is 3.47. The molecule has 90 valence electrons. The van der Waals surface area contributed by atoms with Crippen LogP contribution in [0.5, 0.6) is 5.75 Å². The lowest BCUT2D eigenvalue weighted by Gasteiger charge is -2.36. The van der Waals surface area contributed by atoms with Crippen molar-refractivity contribution in [1.82, 2.24) is 0 Å². The molecular formula is C13H21BrOSi. The van der Waals surface area contributed by atoms with Crippen LogP contribution in [0.25, 0.3) is 0 Å². The Morgan fingerprint density at radius 1 is 1.19 bits per heavy atom. The van der Waals surface area contributed by atoms with E-state index in [0.717, 1.165) is 10.2 Å². The van der Waals surface area contributed by atoms with Gasteiger partial charge in [0.25, 0.3) is 0 Å². The van der Waals surface area contributed by atoms with Crippen LogP contribution in [0.3, 0.4) is 0 Å². The highest BCUT2D eigenvalue weighted by atomic mass is 79.9. The molecule has 0 bridgehead atoms. The van der Waals surface area contributed by atoms with Gasteiger partial charge in [0.05, 0.1) is 0 Å². The molecule has 0 saturated carbocycles. The van der Waals surface area contributed by atoms with Crippen LogP contribution < -0.4 is 4.43 Å². The molecular weight excluding hydrogens is 280 g/mol. The van der Waals surface area contributed by atoms with Crippen molar-refractivity contribution in [1.29, 1.82) is 0 Å². The van der Waals surface area contributed by atoms with Crippen molar-refractivity contribution in [3.8, 4) is 5.75 Å². The summed E-state index contributed by atoms with van der Waals surface area (Å²) in [7, 11) is -1.71. The van der Waals surface area contributed by atoms with Gasteiger partial charge in [-0.3, -0.25) is 0 Å². The number of halogens is 1. The van der Waals surface area contributed by atoms with E-state index >= 15 is 0 Å². The number of rotatable bonds is 2. The van der Waals surface area contributed by atoms with Gasteiger partial charge in [-0.05, 0) is 48.8 Å². The summed E-state index contributed by atoms with van der Waals surface area (Å²) in [4.78, 5) is 0. The van der Waals surface area contributed by atoms with Crippen LogP contribution >= 0.6 is 15.9 Å². The van der Waals surface area contributed by atoms with Gasteiger partial charge in [0.15, 0.2) is 0 Å². The van der Waals surface area contributed by atoms with E-state index in [0.29, 0.717) is 0 Å². The summed E-state index contributed by atoms with van der Waals surface area (Å²) in [6, 6.07) is 6.19. The first-order chi connectivity index (χ1) is 7.13. The third-order valence-electron chi connectivity index (χ3n) is 3.31. The molecule has 0 unspecified atom stereocenters. The molecule has 0 aliphatic heterocycles. The fourth-order valence-corrected chi connectivity index (χ4v) is 2.72. The second kappa shape index (κ2) is 4.53. The fourth-order valence-electron chi connectivity index (χ4n) is 1.16. The summed E-state index contributed by atoms with van der Waals surface area (Å²) < 4.78 is 7.37. The van der Waals surface area contributed by atoms with Gasteiger partial charge in [-0.1, -0.05) is 36.7 Å². The highest BCUT2D eigenvalue weighted by Gasteiger charge is 2.39. The van der Waals surface area contributed by atoms with E-state index in [-0.39, 0.29) is 5.04 Å². The van der Waals surface area contributed by atoms with Gasteiger partial charge in [0.2, 0.25) is 8.32 Å². The van der Waals surface area contributed by atoms with Crippen molar-refractivity contribution in [2.45, 2.75) is 45.8 Å². The molecule has 0 aliphatic carbocycles. The molecule has 0 spiro atoms. The van der Waals surface area contributed by atoms with Gasteiger partial charge in [-0.25, -0.2) is 0 Å². The molecule has 0 saturated heterocycles. The topological polar surface area (TPSA) is 9.23 Å².